The molecule has 0 aliphatic carbocycles. The summed E-state index contributed by atoms with van der Waals surface area (Å²) in [6.07, 6.45) is 6.61. The molecule has 0 saturated carbocycles. The van der Waals surface area contributed by atoms with Crippen LogP contribution in [0.3, 0.4) is 0 Å². The minimum atomic E-state index is -4.15. The number of carbonyl (C=O) groups is 2. The lowest BCUT2D eigenvalue weighted by atomic mass is 9.83. The Bertz CT molecular complexity index is 1580. The average molecular weight is 635 g/mol. The highest BCUT2D eigenvalue weighted by atomic mass is 32.3. The number of benzene rings is 2. The van der Waals surface area contributed by atoms with E-state index >= 15 is 0 Å². The standard InChI is InChI=1S/C29H34N2O8S3/c1-29(2)22-18-20(30-27(33)19-40-16-15-32)12-13-23(22)31(14-7-17-41(35,36)37)26(29)11-6-5-10-25-28(34)21-8-3-4-9-24(21)42(25,38)39/h3-6,8-13,18,32,38-39H,7,14-17,19H2,1-2H3,(H,30,33)(H,35,36,37). The first kappa shape index (κ1) is 32.0. The zero-order valence-corrected chi connectivity index (χ0v) is 25.6. The van der Waals surface area contributed by atoms with Crippen LogP contribution in [-0.2, 0) is 20.3 Å². The van der Waals surface area contributed by atoms with Gasteiger partial charge in [-0.15, -0.1) is 22.4 Å². The summed E-state index contributed by atoms with van der Waals surface area (Å²) in [5, 5.41) is 11.8. The van der Waals surface area contributed by atoms with Crippen molar-refractivity contribution < 1.29 is 36.8 Å². The van der Waals surface area contributed by atoms with Gasteiger partial charge in [0.05, 0.1) is 23.0 Å². The van der Waals surface area contributed by atoms with Crippen LogP contribution in [0.15, 0.2) is 82.3 Å². The molecule has 0 aromatic heterocycles. The first-order valence-electron chi connectivity index (χ1n) is 13.1. The molecule has 2 heterocycles. The van der Waals surface area contributed by atoms with Crippen LogP contribution >= 0.6 is 22.4 Å². The van der Waals surface area contributed by atoms with E-state index < -0.39 is 37.7 Å². The SMILES string of the molecule is CC1(C)C(=CC=CC=C2C(=O)c3ccccc3S2(O)O)N(CCCS(=O)(=O)O)c2ccc(NC(=O)CSCCO)cc21. The number of aliphatic hydroxyl groups excluding tert-OH is 1. The van der Waals surface area contributed by atoms with Crippen molar-refractivity contribution in [3.8, 4) is 0 Å². The van der Waals surface area contributed by atoms with Crippen LogP contribution < -0.4 is 10.2 Å². The second-order valence-corrected chi connectivity index (χ2v) is 15.0. The Hall–Kier alpha value is -2.91. The van der Waals surface area contributed by atoms with Crippen molar-refractivity contribution in [3.63, 3.8) is 0 Å². The lowest BCUT2D eigenvalue weighted by Gasteiger charge is -2.28. The van der Waals surface area contributed by atoms with Gasteiger partial charge < -0.3 is 15.3 Å². The van der Waals surface area contributed by atoms with Gasteiger partial charge >= 0.3 is 0 Å². The van der Waals surface area contributed by atoms with Crippen LogP contribution in [0.4, 0.5) is 11.4 Å². The summed E-state index contributed by atoms with van der Waals surface area (Å²) in [5.41, 5.74) is 2.79. The van der Waals surface area contributed by atoms with Crippen molar-refractivity contribution in [2.45, 2.75) is 30.6 Å². The van der Waals surface area contributed by atoms with Gasteiger partial charge in [-0.1, -0.05) is 38.1 Å². The van der Waals surface area contributed by atoms with Crippen LogP contribution in [0.2, 0.25) is 0 Å². The average Bonchev–Trinajstić information content (AvgIpc) is 3.24. The largest absolute Gasteiger partial charge is 0.396 e. The van der Waals surface area contributed by atoms with E-state index in [0.717, 1.165) is 16.9 Å². The van der Waals surface area contributed by atoms with E-state index in [1.165, 1.54) is 23.9 Å². The van der Waals surface area contributed by atoms with E-state index in [0.29, 0.717) is 11.4 Å². The number of amides is 1. The highest BCUT2D eigenvalue weighted by Crippen LogP contribution is 2.62. The van der Waals surface area contributed by atoms with E-state index in [1.54, 1.807) is 36.4 Å². The molecule has 0 saturated heterocycles. The summed E-state index contributed by atoms with van der Waals surface area (Å²) in [6, 6.07) is 11.9. The molecule has 0 spiro atoms. The number of fused-ring (bicyclic) bond motifs is 2. The molecule has 0 bridgehead atoms. The highest BCUT2D eigenvalue weighted by Gasteiger charge is 2.40. The Labute approximate surface area is 251 Å². The van der Waals surface area contributed by atoms with Crippen LogP contribution in [0.5, 0.6) is 0 Å². The van der Waals surface area contributed by atoms with Gasteiger partial charge in [-0.05, 0) is 54.5 Å². The Kier molecular flexibility index (Phi) is 9.72. The molecule has 0 unspecified atom stereocenters. The minimum absolute atomic E-state index is 0.00888. The first-order chi connectivity index (χ1) is 19.8. The quantitative estimate of drug-likeness (QED) is 0.128. The number of nitrogens with zero attached hydrogens (tertiary/aromatic N) is 1. The molecule has 0 atom stereocenters. The molecule has 226 valence electrons. The smallest absolute Gasteiger partial charge is 0.264 e. The Balaban J connectivity index is 1.63. The summed E-state index contributed by atoms with van der Waals surface area (Å²) in [7, 11) is -7.57. The maximum Gasteiger partial charge on any atom is 0.264 e. The van der Waals surface area contributed by atoms with Gasteiger partial charge in [-0.2, -0.15) is 8.42 Å². The molecule has 4 rings (SSSR count). The third-order valence-electron chi connectivity index (χ3n) is 7.01. The highest BCUT2D eigenvalue weighted by molar-refractivity contribution is 8.28. The van der Waals surface area contributed by atoms with Crippen molar-refractivity contribution in [2.75, 3.05) is 40.6 Å². The Morgan fingerprint density at radius 1 is 1.12 bits per heavy atom. The van der Waals surface area contributed by atoms with Gasteiger partial charge in [0, 0.05) is 40.3 Å². The number of anilines is 2. The second kappa shape index (κ2) is 12.8. The van der Waals surface area contributed by atoms with Crippen LogP contribution in [0.1, 0.15) is 36.2 Å². The fourth-order valence-corrected chi connectivity index (χ4v) is 7.70. The van der Waals surface area contributed by atoms with Crippen molar-refractivity contribution >= 4 is 55.5 Å². The molecule has 2 aliphatic heterocycles. The van der Waals surface area contributed by atoms with Gasteiger partial charge in [0.15, 0.2) is 0 Å². The maximum atomic E-state index is 12.8. The van der Waals surface area contributed by atoms with Crippen LogP contribution in [0.25, 0.3) is 0 Å². The van der Waals surface area contributed by atoms with E-state index in [4.69, 9.17) is 5.11 Å². The number of nitrogens with one attached hydrogen (secondary N) is 1. The normalized spacial score (nSPS) is 19.9. The predicted molar refractivity (Wildman–Crippen MR) is 168 cm³/mol. The fourth-order valence-electron chi connectivity index (χ4n) is 5.07. The third kappa shape index (κ3) is 6.83. The van der Waals surface area contributed by atoms with Gasteiger partial charge in [-0.25, -0.2) is 0 Å². The zero-order chi connectivity index (χ0) is 30.7. The first-order valence-corrected chi connectivity index (χ1v) is 17.5. The molecule has 2 aliphatic rings. The zero-order valence-electron chi connectivity index (χ0n) is 23.2. The molecule has 2 aromatic rings. The number of aliphatic hydroxyl groups is 1. The van der Waals surface area contributed by atoms with E-state index in [9.17, 15) is 31.7 Å². The van der Waals surface area contributed by atoms with Gasteiger partial charge in [0.25, 0.3) is 10.1 Å². The lowest BCUT2D eigenvalue weighted by Crippen LogP contribution is -2.28. The van der Waals surface area contributed by atoms with Crippen molar-refractivity contribution in [1.82, 2.24) is 0 Å². The summed E-state index contributed by atoms with van der Waals surface area (Å²) in [6.45, 7) is 4.26. The fraction of sp³-hybridized carbons (Fsp3) is 0.310. The minimum Gasteiger partial charge on any atom is -0.396 e. The Morgan fingerprint density at radius 2 is 1.83 bits per heavy atom. The van der Waals surface area contributed by atoms with Crippen LogP contribution in [-0.4, -0.2) is 69.3 Å². The van der Waals surface area contributed by atoms with Gasteiger partial charge in [-0.3, -0.25) is 23.2 Å². The number of thioether (sulfide) groups is 1. The van der Waals surface area contributed by atoms with Crippen molar-refractivity contribution in [2.24, 2.45) is 0 Å². The lowest BCUT2D eigenvalue weighted by molar-refractivity contribution is -0.113. The van der Waals surface area contributed by atoms with Gasteiger partial charge in [0.2, 0.25) is 11.7 Å². The number of rotatable bonds is 11. The number of ketones is 1. The number of hydrogen-bond acceptors (Lipinski definition) is 9. The van der Waals surface area contributed by atoms with Crippen LogP contribution in [0, 0.1) is 0 Å². The van der Waals surface area contributed by atoms with Crippen molar-refractivity contribution in [1.29, 1.82) is 0 Å². The topological polar surface area (TPSA) is 164 Å². The summed E-state index contributed by atoms with van der Waals surface area (Å²) in [4.78, 5) is 27.2. The molecule has 13 heteroatoms. The number of allylic oxidation sites excluding steroid dienone is 6. The number of Topliss-reactive ketones (excluding diaryl/α,β-unsaturated/α-hetero) is 1. The molecular formula is C29H34N2O8S3. The summed E-state index contributed by atoms with van der Waals surface area (Å²) >= 11 is 1.32. The number of hydrogen-bond donors (Lipinski definition) is 5. The van der Waals surface area contributed by atoms with Gasteiger partial charge in [0.1, 0.15) is 4.91 Å². The maximum absolute atomic E-state index is 12.8. The number of carbonyl (C=O) groups excluding carboxylic acids is 2. The second-order valence-electron chi connectivity index (χ2n) is 10.3. The Morgan fingerprint density at radius 3 is 2.52 bits per heavy atom. The molecule has 10 nitrogen and oxygen atoms in total. The molecule has 2 aromatic carbocycles. The molecule has 0 fully saturated rings. The van der Waals surface area contributed by atoms with E-state index in [2.05, 4.69) is 5.32 Å². The van der Waals surface area contributed by atoms with E-state index in [-0.39, 0.29) is 46.6 Å². The van der Waals surface area contributed by atoms with E-state index in [1.807, 2.05) is 37.0 Å². The summed E-state index contributed by atoms with van der Waals surface area (Å²) < 4.78 is 53.5. The summed E-state index contributed by atoms with van der Waals surface area (Å²) in [5.74, 6) is -0.383. The molecule has 1 amide bonds. The molecular weight excluding hydrogens is 601 g/mol. The molecule has 0 radical (unpaired) electrons. The monoisotopic (exact) mass is 634 g/mol. The molecule has 5 N–H and O–H groups in total. The van der Waals surface area contributed by atoms with Crippen molar-refractivity contribution in [3.05, 3.63) is 88.5 Å². The predicted octanol–water partition coefficient (Wildman–Crippen LogP) is 5.06. The third-order valence-corrected chi connectivity index (χ3v) is 10.7. The molecule has 42 heavy (non-hydrogen) atoms.